The summed E-state index contributed by atoms with van der Waals surface area (Å²) in [7, 11) is 0. The topological polar surface area (TPSA) is 40.3 Å². The van der Waals surface area contributed by atoms with E-state index in [0.717, 1.165) is 52.4 Å². The molecule has 4 heteroatoms. The molecule has 0 atom stereocenters. The molecule has 1 aliphatic rings. The van der Waals surface area contributed by atoms with Gasteiger partial charge < -0.3 is 15.0 Å². The van der Waals surface area contributed by atoms with Crippen molar-refractivity contribution in [3.05, 3.63) is 70.9 Å². The Labute approximate surface area is 161 Å². The Hall–Kier alpha value is -2.14. The molecule has 4 nitrogen and oxygen atoms in total. The average Bonchev–Trinajstić information content (AvgIpc) is 3.13. The Kier molecular flexibility index (Phi) is 5.87. The minimum atomic E-state index is 0.857. The molecule has 0 saturated carbocycles. The Morgan fingerprint density at radius 3 is 2.52 bits per heavy atom. The van der Waals surface area contributed by atoms with Crippen LogP contribution in [0.25, 0.3) is 10.9 Å². The summed E-state index contributed by atoms with van der Waals surface area (Å²) in [6.07, 6.45) is 3.20. The number of aryl methyl sites for hydroxylation is 1. The first kappa shape index (κ1) is 18.2. The normalized spacial score (nSPS) is 15.4. The van der Waals surface area contributed by atoms with Crippen molar-refractivity contribution in [2.75, 3.05) is 26.3 Å². The fraction of sp³-hybridized carbons (Fsp3) is 0.391. The van der Waals surface area contributed by atoms with E-state index < -0.39 is 0 Å². The van der Waals surface area contributed by atoms with Crippen LogP contribution in [-0.4, -0.2) is 36.2 Å². The predicted molar refractivity (Wildman–Crippen MR) is 111 cm³/mol. The van der Waals surface area contributed by atoms with Crippen molar-refractivity contribution >= 4 is 10.9 Å². The summed E-state index contributed by atoms with van der Waals surface area (Å²) in [5.74, 6) is 0. The molecule has 3 aromatic rings. The fourth-order valence-corrected chi connectivity index (χ4v) is 3.84. The highest BCUT2D eigenvalue weighted by Crippen LogP contribution is 2.22. The second kappa shape index (κ2) is 8.70. The number of H-pyrrole nitrogens is 1. The number of fused-ring (bicyclic) bond motifs is 1. The smallest absolute Gasteiger partial charge is 0.0594 e. The quantitative estimate of drug-likeness (QED) is 0.670. The van der Waals surface area contributed by atoms with Gasteiger partial charge in [-0.05, 0) is 28.7 Å². The molecule has 1 aromatic heterocycles. The lowest BCUT2D eigenvalue weighted by Gasteiger charge is -2.26. The number of aromatic nitrogens is 1. The van der Waals surface area contributed by atoms with E-state index in [4.69, 9.17) is 4.74 Å². The lowest BCUT2D eigenvalue weighted by Crippen LogP contribution is -2.35. The van der Waals surface area contributed by atoms with Crippen molar-refractivity contribution in [3.8, 4) is 0 Å². The molecule has 4 rings (SSSR count). The van der Waals surface area contributed by atoms with Gasteiger partial charge in [-0.3, -0.25) is 4.90 Å². The van der Waals surface area contributed by atoms with E-state index in [2.05, 4.69) is 70.8 Å². The van der Waals surface area contributed by atoms with Gasteiger partial charge >= 0.3 is 0 Å². The summed E-state index contributed by atoms with van der Waals surface area (Å²) >= 11 is 0. The minimum absolute atomic E-state index is 0.857. The van der Waals surface area contributed by atoms with Crippen LogP contribution < -0.4 is 5.32 Å². The SMILES string of the molecule is CCc1cccc2c(CNCc3ccc(CN4CCOCC4)cc3)c[nH]c12. The Bertz CT molecular complexity index is 863. The Morgan fingerprint density at radius 2 is 1.74 bits per heavy atom. The standard InChI is InChI=1S/C23H29N3O/c1-2-20-4-3-5-22-21(16-25-23(20)22)15-24-14-18-6-8-19(9-7-18)17-26-10-12-27-13-11-26/h3-9,16,24-25H,2,10-15,17H2,1H3. The highest BCUT2D eigenvalue weighted by molar-refractivity contribution is 5.86. The van der Waals surface area contributed by atoms with Gasteiger partial charge in [0.05, 0.1) is 13.2 Å². The van der Waals surface area contributed by atoms with Crippen LogP contribution in [0.5, 0.6) is 0 Å². The molecule has 1 fully saturated rings. The highest BCUT2D eigenvalue weighted by atomic mass is 16.5. The van der Waals surface area contributed by atoms with E-state index in [-0.39, 0.29) is 0 Å². The van der Waals surface area contributed by atoms with Crippen molar-refractivity contribution < 1.29 is 4.74 Å². The van der Waals surface area contributed by atoms with Gasteiger partial charge in [-0.2, -0.15) is 0 Å². The van der Waals surface area contributed by atoms with Gasteiger partial charge in [-0.15, -0.1) is 0 Å². The number of para-hydroxylation sites is 1. The van der Waals surface area contributed by atoms with Crippen LogP contribution >= 0.6 is 0 Å². The molecule has 2 N–H and O–H groups in total. The van der Waals surface area contributed by atoms with E-state index in [9.17, 15) is 0 Å². The van der Waals surface area contributed by atoms with Crippen LogP contribution in [0.2, 0.25) is 0 Å². The van der Waals surface area contributed by atoms with Crippen molar-refractivity contribution in [3.63, 3.8) is 0 Å². The van der Waals surface area contributed by atoms with Gasteiger partial charge in [0.15, 0.2) is 0 Å². The molecule has 142 valence electrons. The van der Waals surface area contributed by atoms with Crippen molar-refractivity contribution in [1.29, 1.82) is 0 Å². The van der Waals surface area contributed by atoms with E-state index in [1.165, 1.54) is 33.2 Å². The van der Waals surface area contributed by atoms with Gasteiger partial charge in [0.2, 0.25) is 0 Å². The number of hydrogen-bond donors (Lipinski definition) is 2. The van der Waals surface area contributed by atoms with E-state index in [1.54, 1.807) is 0 Å². The van der Waals surface area contributed by atoms with Crippen molar-refractivity contribution in [2.45, 2.75) is 33.0 Å². The van der Waals surface area contributed by atoms with Crippen LogP contribution in [0.4, 0.5) is 0 Å². The number of ether oxygens (including phenoxy) is 1. The molecule has 0 radical (unpaired) electrons. The van der Waals surface area contributed by atoms with E-state index >= 15 is 0 Å². The molecular formula is C23H29N3O. The third-order valence-electron chi connectivity index (χ3n) is 5.45. The van der Waals surface area contributed by atoms with Gasteiger partial charge in [0, 0.05) is 49.8 Å². The zero-order valence-electron chi connectivity index (χ0n) is 16.1. The summed E-state index contributed by atoms with van der Waals surface area (Å²) in [6, 6.07) is 15.6. The fourth-order valence-electron chi connectivity index (χ4n) is 3.84. The molecule has 2 aromatic carbocycles. The maximum atomic E-state index is 5.42. The number of morpholine rings is 1. The molecule has 2 heterocycles. The van der Waals surface area contributed by atoms with Crippen LogP contribution in [-0.2, 0) is 30.8 Å². The third kappa shape index (κ3) is 4.41. The lowest BCUT2D eigenvalue weighted by molar-refractivity contribution is 0.0342. The largest absolute Gasteiger partial charge is 0.379 e. The number of rotatable bonds is 7. The summed E-state index contributed by atoms with van der Waals surface area (Å²) in [5, 5.41) is 4.92. The number of nitrogens with one attached hydrogen (secondary N) is 2. The second-order valence-electron chi connectivity index (χ2n) is 7.32. The van der Waals surface area contributed by atoms with Crippen LogP contribution in [0.3, 0.4) is 0 Å². The van der Waals surface area contributed by atoms with Gasteiger partial charge in [-0.1, -0.05) is 49.4 Å². The number of aromatic amines is 1. The van der Waals surface area contributed by atoms with E-state index in [1.807, 2.05) is 0 Å². The monoisotopic (exact) mass is 363 g/mol. The maximum Gasteiger partial charge on any atom is 0.0594 e. The number of benzene rings is 2. The predicted octanol–water partition coefficient (Wildman–Crippen LogP) is 3.85. The first-order valence-corrected chi connectivity index (χ1v) is 10.00. The van der Waals surface area contributed by atoms with Crippen LogP contribution in [0, 0.1) is 0 Å². The zero-order valence-corrected chi connectivity index (χ0v) is 16.1. The molecule has 0 spiro atoms. The molecular weight excluding hydrogens is 334 g/mol. The molecule has 0 aliphatic carbocycles. The summed E-state index contributed by atoms with van der Waals surface area (Å²) in [4.78, 5) is 5.91. The Morgan fingerprint density at radius 1 is 0.963 bits per heavy atom. The van der Waals surface area contributed by atoms with Gasteiger partial charge in [-0.25, -0.2) is 0 Å². The summed E-state index contributed by atoms with van der Waals surface area (Å²) < 4.78 is 5.42. The summed E-state index contributed by atoms with van der Waals surface area (Å²) in [6.45, 7) is 8.77. The molecule has 0 unspecified atom stereocenters. The minimum Gasteiger partial charge on any atom is -0.379 e. The average molecular weight is 364 g/mol. The molecule has 0 bridgehead atoms. The molecule has 1 aliphatic heterocycles. The van der Waals surface area contributed by atoms with Crippen LogP contribution in [0.15, 0.2) is 48.7 Å². The molecule has 27 heavy (non-hydrogen) atoms. The number of hydrogen-bond acceptors (Lipinski definition) is 3. The second-order valence-corrected chi connectivity index (χ2v) is 7.32. The first-order chi connectivity index (χ1) is 13.3. The highest BCUT2D eigenvalue weighted by Gasteiger charge is 2.10. The molecule has 0 amide bonds. The van der Waals surface area contributed by atoms with Gasteiger partial charge in [0.25, 0.3) is 0 Å². The molecule has 1 saturated heterocycles. The van der Waals surface area contributed by atoms with Gasteiger partial charge in [0.1, 0.15) is 0 Å². The maximum absolute atomic E-state index is 5.42. The Balaban J connectivity index is 1.31. The number of nitrogens with zero attached hydrogens (tertiary/aromatic N) is 1. The van der Waals surface area contributed by atoms with Crippen molar-refractivity contribution in [2.24, 2.45) is 0 Å². The van der Waals surface area contributed by atoms with Crippen LogP contribution in [0.1, 0.15) is 29.2 Å². The summed E-state index contributed by atoms with van der Waals surface area (Å²) in [5.41, 5.74) is 6.71. The zero-order chi connectivity index (χ0) is 18.5. The lowest BCUT2D eigenvalue weighted by atomic mass is 10.1. The van der Waals surface area contributed by atoms with Crippen molar-refractivity contribution in [1.82, 2.24) is 15.2 Å². The first-order valence-electron chi connectivity index (χ1n) is 10.00. The van der Waals surface area contributed by atoms with E-state index in [0.29, 0.717) is 0 Å². The third-order valence-corrected chi connectivity index (χ3v) is 5.45.